The first-order valence-electron chi connectivity index (χ1n) is 17.2. The molecule has 1 spiro atoms. The largest absolute Gasteiger partial charge is 0.469 e. The first kappa shape index (κ1) is 34.9. The van der Waals surface area contributed by atoms with E-state index in [0.29, 0.717) is 0 Å². The number of allylic oxidation sites excluding steroid dienone is 1. The van der Waals surface area contributed by atoms with Crippen molar-refractivity contribution in [2.45, 2.75) is 107 Å². The van der Waals surface area contributed by atoms with Crippen LogP contribution in [0.25, 0.3) is 0 Å². The molecule has 0 aromatic rings. The van der Waals surface area contributed by atoms with Gasteiger partial charge in [0.25, 0.3) is 5.79 Å². The predicted octanol–water partition coefficient (Wildman–Crippen LogP) is -0.203. The molecule has 0 amide bonds. The molecule has 16 nitrogen and oxygen atoms in total. The van der Waals surface area contributed by atoms with Crippen molar-refractivity contribution in [2.75, 3.05) is 27.4 Å². The summed E-state index contributed by atoms with van der Waals surface area (Å²) in [5, 5.41) is 37.4. The number of hydrogen-bond donors (Lipinski definition) is 3. The highest BCUT2D eigenvalue weighted by atomic mass is 16.7. The molecule has 16 heteroatoms. The second-order valence-corrected chi connectivity index (χ2v) is 15.8. The summed E-state index contributed by atoms with van der Waals surface area (Å²) in [6.07, 6.45) is -3.11. The van der Waals surface area contributed by atoms with Crippen LogP contribution in [0, 0.1) is 34.0 Å². The molecule has 0 aromatic carbocycles. The lowest BCUT2D eigenvalue weighted by atomic mass is 9.37. The summed E-state index contributed by atoms with van der Waals surface area (Å²) in [5.41, 5.74) is -9.47. The molecule has 0 aromatic heterocycles. The maximum Gasteiger partial charge on any atom is 0.366 e. The number of aliphatic hydroxyl groups is 3. The Morgan fingerprint density at radius 1 is 0.961 bits per heavy atom. The zero-order valence-corrected chi connectivity index (χ0v) is 29.4. The van der Waals surface area contributed by atoms with Crippen LogP contribution in [0.1, 0.15) is 47.5 Å². The highest BCUT2D eigenvalue weighted by Crippen LogP contribution is 2.83. The number of ether oxygens (including phenoxy) is 9. The number of methoxy groups -OCH3 is 2. The van der Waals surface area contributed by atoms with Crippen LogP contribution in [0.5, 0.6) is 0 Å². The van der Waals surface area contributed by atoms with Gasteiger partial charge in [0, 0.05) is 47.5 Å². The number of carbonyl (C=O) groups excluding carboxylic acids is 4. The van der Waals surface area contributed by atoms with Gasteiger partial charge in [0.05, 0.1) is 52.0 Å². The average molecular weight is 721 g/mol. The molecule has 2 bridgehead atoms. The Balaban J connectivity index is 1.40. The minimum atomic E-state index is -2.82. The number of fused-ring (bicyclic) bond motifs is 7. The van der Waals surface area contributed by atoms with Crippen molar-refractivity contribution in [2.24, 2.45) is 34.0 Å². The van der Waals surface area contributed by atoms with Crippen molar-refractivity contribution in [3.05, 3.63) is 24.0 Å². The summed E-state index contributed by atoms with van der Waals surface area (Å²) in [4.78, 5) is 54.4. The highest BCUT2D eigenvalue weighted by Gasteiger charge is 2.97. The molecule has 5 aliphatic heterocycles. The molecule has 7 fully saturated rings. The van der Waals surface area contributed by atoms with E-state index in [1.807, 2.05) is 0 Å². The second kappa shape index (κ2) is 10.5. The van der Waals surface area contributed by atoms with Crippen LogP contribution in [0.4, 0.5) is 0 Å². The Kier molecular flexibility index (Phi) is 7.20. The van der Waals surface area contributed by atoms with Gasteiger partial charge in [0.2, 0.25) is 6.29 Å². The lowest BCUT2D eigenvalue weighted by Gasteiger charge is -2.65. The van der Waals surface area contributed by atoms with Crippen LogP contribution in [-0.2, 0) is 61.8 Å². The third kappa shape index (κ3) is 3.65. The van der Waals surface area contributed by atoms with Crippen LogP contribution < -0.4 is 0 Å². The van der Waals surface area contributed by atoms with E-state index in [1.54, 1.807) is 33.8 Å². The van der Waals surface area contributed by atoms with Crippen molar-refractivity contribution in [3.63, 3.8) is 0 Å². The Labute approximate surface area is 293 Å². The van der Waals surface area contributed by atoms with Gasteiger partial charge in [-0.2, -0.15) is 0 Å². The number of hydrogen-bond acceptors (Lipinski definition) is 16. The fourth-order valence-corrected chi connectivity index (χ4v) is 12.2. The van der Waals surface area contributed by atoms with E-state index in [9.17, 15) is 34.5 Å². The van der Waals surface area contributed by atoms with Crippen molar-refractivity contribution in [1.29, 1.82) is 0 Å². The zero-order valence-electron chi connectivity index (χ0n) is 29.4. The van der Waals surface area contributed by atoms with Gasteiger partial charge in [-0.05, 0) is 33.3 Å². The molecule has 3 N–H and O–H groups in total. The Bertz CT molecular complexity index is 1660. The average Bonchev–Trinajstić information content (AvgIpc) is 3.47. The molecule has 4 saturated heterocycles. The van der Waals surface area contributed by atoms with E-state index >= 15 is 0 Å². The van der Waals surface area contributed by atoms with Crippen LogP contribution in [0.2, 0.25) is 0 Å². The first-order valence-corrected chi connectivity index (χ1v) is 17.2. The fourth-order valence-electron chi connectivity index (χ4n) is 12.2. The maximum atomic E-state index is 14.2. The first-order chi connectivity index (χ1) is 23.9. The van der Waals surface area contributed by atoms with Gasteiger partial charge in [0.1, 0.15) is 28.8 Å². The highest BCUT2D eigenvalue weighted by molar-refractivity contribution is 5.88. The topological polar surface area (TPSA) is 215 Å². The molecule has 16 atom stereocenters. The van der Waals surface area contributed by atoms with Gasteiger partial charge in [0.15, 0.2) is 5.60 Å². The molecule has 5 heterocycles. The number of epoxide rings is 1. The Morgan fingerprint density at radius 2 is 1.67 bits per heavy atom. The molecular weight excluding hydrogens is 676 g/mol. The van der Waals surface area contributed by atoms with E-state index in [0.717, 1.165) is 14.2 Å². The standard InChI is InChI=1S/C35H44O16/c1-8-15(2)24(38)49-18-12-19(48-16(3)36)32(26(39)43-6)13-46-21-22(32)31(18)14-47-34(42,27(40)44-7)25(31)29(4,23(21)37)35-20-11-17(30(35,5)51-35)33(41)9-10-45-28(33)50-20/h8-10,17-23,25,28,37,41-42H,11-14H2,1-7H3/b15-8-/t17-,18-,19-,20+,21+,22-,23-,25-,28+,29+,30+,31+,32-,33+,34-,35+/m1/s1. The molecule has 280 valence electrons. The molecule has 3 saturated carbocycles. The summed E-state index contributed by atoms with van der Waals surface area (Å²) in [5.74, 6) is -9.76. The Morgan fingerprint density at radius 3 is 2.31 bits per heavy atom. The minimum absolute atomic E-state index is 0.235. The van der Waals surface area contributed by atoms with Crippen LogP contribution in [0.15, 0.2) is 24.0 Å². The lowest BCUT2D eigenvalue weighted by Crippen LogP contribution is -2.79. The summed E-state index contributed by atoms with van der Waals surface area (Å²) < 4.78 is 54.0. The van der Waals surface area contributed by atoms with Crippen LogP contribution >= 0.6 is 0 Å². The summed E-state index contributed by atoms with van der Waals surface area (Å²) >= 11 is 0. The predicted molar refractivity (Wildman–Crippen MR) is 164 cm³/mol. The SMILES string of the molecule is C/C=C(/C)C(=O)O[C@@H]1C[C@@H](OC(C)=O)[C@]2(C(=O)OC)CO[C@@H]3[C@@H](O)[C@](C)([C@]45O[C@@]4(C)[C@H]4C[C@@H]5O[C@@H]5OC=C[C@@]54O)[C@@H]4[C@]1(CO[C@@]4(O)C(=O)OC)[C@@H]32. The number of aliphatic hydroxyl groups excluding tert-OH is 1. The lowest BCUT2D eigenvalue weighted by molar-refractivity contribution is -0.314. The van der Waals surface area contributed by atoms with E-state index in [-0.39, 0.29) is 18.4 Å². The smallest absolute Gasteiger partial charge is 0.366 e. The quantitative estimate of drug-likeness (QED) is 0.140. The number of esters is 4. The number of carbonyl (C=O) groups is 4. The van der Waals surface area contributed by atoms with Crippen molar-refractivity contribution < 1.29 is 77.1 Å². The Hall–Kier alpha value is -3.12. The summed E-state index contributed by atoms with van der Waals surface area (Å²) in [7, 11) is 2.23. The molecular formula is C35H44O16. The van der Waals surface area contributed by atoms with Crippen molar-refractivity contribution in [3.8, 4) is 0 Å². The molecule has 0 unspecified atom stereocenters. The van der Waals surface area contributed by atoms with E-state index in [4.69, 9.17) is 42.6 Å². The van der Waals surface area contributed by atoms with E-state index in [1.165, 1.54) is 19.3 Å². The van der Waals surface area contributed by atoms with Crippen molar-refractivity contribution in [1.82, 2.24) is 0 Å². The van der Waals surface area contributed by atoms with Gasteiger partial charge >= 0.3 is 23.9 Å². The molecule has 8 rings (SSSR count). The normalized spacial score (nSPS) is 53.9. The monoisotopic (exact) mass is 720 g/mol. The van der Waals surface area contributed by atoms with Crippen LogP contribution in [-0.4, -0.2) is 126 Å². The minimum Gasteiger partial charge on any atom is -0.469 e. The van der Waals surface area contributed by atoms with Gasteiger partial charge in [-0.3, -0.25) is 9.59 Å². The number of rotatable bonds is 6. The van der Waals surface area contributed by atoms with E-state index < -0.39 is 130 Å². The third-order valence-electron chi connectivity index (χ3n) is 14.1. The van der Waals surface area contributed by atoms with Crippen LogP contribution in [0.3, 0.4) is 0 Å². The molecule has 0 radical (unpaired) electrons. The van der Waals surface area contributed by atoms with E-state index in [2.05, 4.69) is 0 Å². The molecule has 8 aliphatic rings. The van der Waals surface area contributed by atoms with Crippen molar-refractivity contribution >= 4 is 23.9 Å². The summed E-state index contributed by atoms with van der Waals surface area (Å²) in [6, 6.07) is 0. The zero-order chi connectivity index (χ0) is 36.9. The third-order valence-corrected chi connectivity index (χ3v) is 14.1. The van der Waals surface area contributed by atoms with Gasteiger partial charge in [-0.25, -0.2) is 9.59 Å². The maximum absolute atomic E-state index is 14.2. The second-order valence-electron chi connectivity index (χ2n) is 15.8. The van der Waals surface area contributed by atoms with Gasteiger partial charge in [-0.15, -0.1) is 0 Å². The molecule has 3 aliphatic carbocycles. The van der Waals surface area contributed by atoms with Gasteiger partial charge < -0.3 is 58.0 Å². The summed E-state index contributed by atoms with van der Waals surface area (Å²) in [6.45, 7) is 6.88. The van der Waals surface area contributed by atoms with Gasteiger partial charge in [-0.1, -0.05) is 13.0 Å². The molecule has 51 heavy (non-hydrogen) atoms. The fraction of sp³-hybridized carbons (Fsp3) is 0.771.